The Morgan fingerprint density at radius 3 is 2.48 bits per heavy atom. The second-order valence-electron chi connectivity index (χ2n) is 7.64. The lowest BCUT2D eigenvalue weighted by molar-refractivity contribution is 0.114. The summed E-state index contributed by atoms with van der Waals surface area (Å²) in [6, 6.07) is 14.7. The van der Waals surface area contributed by atoms with E-state index in [9.17, 15) is 4.79 Å². The van der Waals surface area contributed by atoms with Crippen molar-refractivity contribution in [2.45, 2.75) is 19.3 Å². The number of piperidine rings is 1. The predicted octanol–water partition coefficient (Wildman–Crippen LogP) is 5.74. The molecule has 33 heavy (non-hydrogen) atoms. The summed E-state index contributed by atoms with van der Waals surface area (Å²) in [5.74, 6) is 0.857. The van der Waals surface area contributed by atoms with E-state index in [0.717, 1.165) is 30.5 Å². The van der Waals surface area contributed by atoms with Crippen molar-refractivity contribution in [1.82, 2.24) is 24.4 Å². The van der Waals surface area contributed by atoms with Gasteiger partial charge in [-0.2, -0.15) is 5.48 Å². The number of anilines is 1. The van der Waals surface area contributed by atoms with Crippen molar-refractivity contribution in [3.8, 4) is 17.1 Å². The van der Waals surface area contributed by atoms with Crippen LogP contribution in [0.5, 0.6) is 0 Å². The third-order valence-electron chi connectivity index (χ3n) is 5.49. The molecule has 0 atom stereocenters. The number of carbonyl (C=O) groups is 1. The fourth-order valence-electron chi connectivity index (χ4n) is 3.86. The van der Waals surface area contributed by atoms with E-state index in [-0.39, 0.29) is 5.82 Å². The molecule has 8 nitrogen and oxygen atoms in total. The Bertz CT molecular complexity index is 1300. The van der Waals surface area contributed by atoms with Gasteiger partial charge in [-0.1, -0.05) is 35.3 Å². The van der Waals surface area contributed by atoms with Gasteiger partial charge in [-0.25, -0.2) is 19.7 Å². The van der Waals surface area contributed by atoms with Crippen molar-refractivity contribution in [3.63, 3.8) is 0 Å². The highest BCUT2D eigenvalue weighted by Gasteiger charge is 2.22. The Hall–Kier alpha value is -3.36. The van der Waals surface area contributed by atoms with Crippen LogP contribution in [0, 0.1) is 0 Å². The highest BCUT2D eigenvalue weighted by molar-refractivity contribution is 6.33. The zero-order valence-electron chi connectivity index (χ0n) is 17.5. The standard InChI is InChI=1S/C23H20Cl2N6O2/c24-15-8-10-16(11-9-15)31-21(17-6-2-3-7-18(17)25)28-19-20(26-14-27-22(19)31)29-33-23(32)30-12-4-1-5-13-30/h2-3,6-11,14H,1,4-5,12-13H2,(H,26,27,29). The number of carbonyl (C=O) groups excluding carboxylic acids is 1. The summed E-state index contributed by atoms with van der Waals surface area (Å²) in [7, 11) is 0. The molecule has 0 bridgehead atoms. The number of nitrogens with zero attached hydrogens (tertiary/aromatic N) is 5. The van der Waals surface area contributed by atoms with Crippen LogP contribution in [0.4, 0.5) is 10.6 Å². The van der Waals surface area contributed by atoms with Crippen LogP contribution >= 0.6 is 23.2 Å². The van der Waals surface area contributed by atoms with E-state index in [1.165, 1.54) is 6.33 Å². The third kappa shape index (κ3) is 4.31. The van der Waals surface area contributed by atoms with Gasteiger partial charge in [0.1, 0.15) is 12.2 Å². The van der Waals surface area contributed by atoms with Gasteiger partial charge in [0.05, 0.1) is 5.02 Å². The van der Waals surface area contributed by atoms with E-state index in [1.807, 2.05) is 34.9 Å². The topological polar surface area (TPSA) is 85.2 Å². The molecule has 0 spiro atoms. The second-order valence-corrected chi connectivity index (χ2v) is 8.48. The molecule has 1 fully saturated rings. The van der Waals surface area contributed by atoms with Gasteiger partial charge in [0, 0.05) is 29.4 Å². The third-order valence-corrected chi connectivity index (χ3v) is 6.07. The highest BCUT2D eigenvalue weighted by atomic mass is 35.5. The summed E-state index contributed by atoms with van der Waals surface area (Å²) in [5, 5.41) is 1.16. The lowest BCUT2D eigenvalue weighted by Crippen LogP contribution is -2.37. The van der Waals surface area contributed by atoms with Crippen molar-refractivity contribution in [3.05, 3.63) is 64.9 Å². The first-order valence-electron chi connectivity index (χ1n) is 10.6. The number of hydrogen-bond donors (Lipinski definition) is 1. The normalized spacial score (nSPS) is 13.8. The summed E-state index contributed by atoms with van der Waals surface area (Å²) >= 11 is 12.6. The van der Waals surface area contributed by atoms with Crippen molar-refractivity contribution in [2.24, 2.45) is 0 Å². The molecule has 0 saturated carbocycles. The number of hydrogen-bond acceptors (Lipinski definition) is 6. The summed E-state index contributed by atoms with van der Waals surface area (Å²) in [5.41, 5.74) is 5.17. The van der Waals surface area contributed by atoms with Gasteiger partial charge in [-0.15, -0.1) is 0 Å². The fourth-order valence-corrected chi connectivity index (χ4v) is 4.20. The molecule has 0 radical (unpaired) electrons. The Labute approximate surface area is 200 Å². The molecule has 1 N–H and O–H groups in total. The Morgan fingerprint density at radius 1 is 0.970 bits per heavy atom. The average molecular weight is 483 g/mol. The molecule has 1 aliphatic heterocycles. The van der Waals surface area contributed by atoms with Gasteiger partial charge in [0.2, 0.25) is 0 Å². The van der Waals surface area contributed by atoms with Crippen LogP contribution in [-0.4, -0.2) is 43.6 Å². The minimum atomic E-state index is -0.440. The number of nitrogens with one attached hydrogen (secondary N) is 1. The van der Waals surface area contributed by atoms with Gasteiger partial charge in [0.25, 0.3) is 0 Å². The van der Waals surface area contributed by atoms with Crippen molar-refractivity contribution >= 4 is 46.3 Å². The highest BCUT2D eigenvalue weighted by Crippen LogP contribution is 2.34. The van der Waals surface area contributed by atoms with Gasteiger partial charge >= 0.3 is 6.09 Å². The Morgan fingerprint density at radius 2 is 1.73 bits per heavy atom. The lowest BCUT2D eigenvalue weighted by atomic mass is 10.1. The maximum Gasteiger partial charge on any atom is 0.434 e. The van der Waals surface area contributed by atoms with Crippen LogP contribution in [-0.2, 0) is 4.84 Å². The number of benzene rings is 2. The average Bonchev–Trinajstić information content (AvgIpc) is 3.24. The van der Waals surface area contributed by atoms with Gasteiger partial charge in [-0.3, -0.25) is 4.57 Å². The Balaban J connectivity index is 1.57. The molecule has 2 aromatic heterocycles. The molecule has 1 saturated heterocycles. The van der Waals surface area contributed by atoms with Crippen LogP contribution in [0.2, 0.25) is 10.0 Å². The first-order chi connectivity index (χ1) is 16.1. The van der Waals surface area contributed by atoms with Crippen LogP contribution in [0.25, 0.3) is 28.2 Å². The maximum atomic E-state index is 12.4. The van der Waals surface area contributed by atoms with E-state index in [1.54, 1.807) is 23.1 Å². The molecule has 3 heterocycles. The molecule has 10 heteroatoms. The molecule has 5 rings (SSSR count). The zero-order valence-corrected chi connectivity index (χ0v) is 19.1. The van der Waals surface area contributed by atoms with Gasteiger partial charge < -0.3 is 9.74 Å². The van der Waals surface area contributed by atoms with Crippen molar-refractivity contribution < 1.29 is 9.63 Å². The van der Waals surface area contributed by atoms with E-state index in [2.05, 4.69) is 15.4 Å². The number of aromatic nitrogens is 4. The van der Waals surface area contributed by atoms with E-state index in [0.29, 0.717) is 40.1 Å². The minimum absolute atomic E-state index is 0.284. The lowest BCUT2D eigenvalue weighted by Gasteiger charge is -2.25. The van der Waals surface area contributed by atoms with Crippen molar-refractivity contribution in [2.75, 3.05) is 18.6 Å². The van der Waals surface area contributed by atoms with E-state index < -0.39 is 6.09 Å². The SMILES string of the molecule is O=C(ONc1ncnc2c1nc(-c1ccccc1Cl)n2-c1ccc(Cl)cc1)N1CCCCC1. The number of likely N-dealkylation sites (tertiary alicyclic amines) is 1. The van der Waals surface area contributed by atoms with E-state index in [4.69, 9.17) is 33.0 Å². The molecule has 1 amide bonds. The first-order valence-corrected chi connectivity index (χ1v) is 11.3. The molecule has 2 aromatic carbocycles. The van der Waals surface area contributed by atoms with Gasteiger partial charge in [-0.05, 0) is 55.7 Å². The number of fused-ring (bicyclic) bond motifs is 1. The molecular formula is C23H20Cl2N6O2. The summed E-state index contributed by atoms with van der Waals surface area (Å²) in [4.78, 5) is 32.9. The van der Waals surface area contributed by atoms with Crippen LogP contribution in [0.1, 0.15) is 19.3 Å². The smallest absolute Gasteiger partial charge is 0.323 e. The Kier molecular flexibility index (Phi) is 6.02. The molecule has 1 aliphatic rings. The second kappa shape index (κ2) is 9.25. The summed E-state index contributed by atoms with van der Waals surface area (Å²) in [6.45, 7) is 1.36. The molecular weight excluding hydrogens is 463 g/mol. The summed E-state index contributed by atoms with van der Waals surface area (Å²) in [6.07, 6.45) is 4.02. The number of rotatable bonds is 4. The molecule has 0 aliphatic carbocycles. The first kappa shape index (κ1) is 21.5. The van der Waals surface area contributed by atoms with Gasteiger partial charge in [0.15, 0.2) is 17.0 Å². The van der Waals surface area contributed by atoms with Crippen LogP contribution in [0.3, 0.4) is 0 Å². The van der Waals surface area contributed by atoms with E-state index >= 15 is 0 Å². The monoisotopic (exact) mass is 482 g/mol. The van der Waals surface area contributed by atoms with Crippen LogP contribution < -0.4 is 5.48 Å². The number of imidazole rings is 1. The summed E-state index contributed by atoms with van der Waals surface area (Å²) < 4.78 is 1.87. The fraction of sp³-hybridized carbons (Fsp3) is 0.217. The maximum absolute atomic E-state index is 12.4. The zero-order chi connectivity index (χ0) is 22.8. The quantitative estimate of drug-likeness (QED) is 0.373. The number of halogens is 2. The van der Waals surface area contributed by atoms with Crippen molar-refractivity contribution in [1.29, 1.82) is 0 Å². The molecule has 4 aromatic rings. The minimum Gasteiger partial charge on any atom is -0.323 e. The largest absolute Gasteiger partial charge is 0.434 e. The molecule has 0 unspecified atom stereocenters. The number of amides is 1. The predicted molar refractivity (Wildman–Crippen MR) is 128 cm³/mol. The molecule has 168 valence electrons. The van der Waals surface area contributed by atoms with Crippen LogP contribution in [0.15, 0.2) is 54.9 Å².